The van der Waals surface area contributed by atoms with E-state index in [-0.39, 0.29) is 11.8 Å². The summed E-state index contributed by atoms with van der Waals surface area (Å²) in [4.78, 5) is 24.3. The molecule has 1 amide bonds. The number of amides is 1. The van der Waals surface area contributed by atoms with Gasteiger partial charge in [-0.1, -0.05) is 37.1 Å². The number of nitrogens with one attached hydrogen (secondary N) is 1. The lowest BCUT2D eigenvalue weighted by atomic mass is 9.73. The first-order chi connectivity index (χ1) is 10.5. The zero-order chi connectivity index (χ0) is 15.7. The van der Waals surface area contributed by atoms with E-state index in [0.717, 1.165) is 37.7 Å². The summed E-state index contributed by atoms with van der Waals surface area (Å²) in [7, 11) is 0. The Labute approximate surface area is 130 Å². The maximum atomic E-state index is 12.7. The molecule has 0 bridgehead atoms. The fourth-order valence-electron chi connectivity index (χ4n) is 4.08. The Hall–Kier alpha value is -1.84. The number of hydrogen-bond donors (Lipinski definition) is 2. The SMILES string of the molecule is CC1(NC(=O)C2CCc3ccccc32)CCCCC1C(=O)O. The van der Waals surface area contributed by atoms with Crippen LogP contribution < -0.4 is 5.32 Å². The van der Waals surface area contributed by atoms with Crippen molar-refractivity contribution in [2.24, 2.45) is 5.92 Å². The lowest BCUT2D eigenvalue weighted by molar-refractivity contribution is -0.146. The lowest BCUT2D eigenvalue weighted by Crippen LogP contribution is -2.56. The molecule has 1 fully saturated rings. The van der Waals surface area contributed by atoms with Gasteiger partial charge in [0, 0.05) is 0 Å². The van der Waals surface area contributed by atoms with E-state index in [1.165, 1.54) is 5.56 Å². The van der Waals surface area contributed by atoms with Gasteiger partial charge in [0.2, 0.25) is 5.91 Å². The maximum absolute atomic E-state index is 12.7. The molecule has 0 heterocycles. The summed E-state index contributed by atoms with van der Waals surface area (Å²) in [5.74, 6) is -1.43. The summed E-state index contributed by atoms with van der Waals surface area (Å²) in [5, 5.41) is 12.5. The quantitative estimate of drug-likeness (QED) is 0.902. The van der Waals surface area contributed by atoms with E-state index in [0.29, 0.717) is 6.42 Å². The second-order valence-electron chi connectivity index (χ2n) is 6.83. The summed E-state index contributed by atoms with van der Waals surface area (Å²) in [6.45, 7) is 1.89. The van der Waals surface area contributed by atoms with Gasteiger partial charge >= 0.3 is 5.97 Å². The van der Waals surface area contributed by atoms with Crippen LogP contribution in [0, 0.1) is 5.92 Å². The number of rotatable bonds is 3. The van der Waals surface area contributed by atoms with Crippen LogP contribution in [0.5, 0.6) is 0 Å². The molecule has 3 atom stereocenters. The smallest absolute Gasteiger partial charge is 0.308 e. The first kappa shape index (κ1) is 15.1. The van der Waals surface area contributed by atoms with Crippen LogP contribution in [0.15, 0.2) is 24.3 Å². The van der Waals surface area contributed by atoms with E-state index >= 15 is 0 Å². The van der Waals surface area contributed by atoms with Crippen LogP contribution in [-0.2, 0) is 16.0 Å². The monoisotopic (exact) mass is 301 g/mol. The molecule has 3 unspecified atom stereocenters. The molecule has 3 rings (SSSR count). The van der Waals surface area contributed by atoms with Gasteiger partial charge in [-0.3, -0.25) is 9.59 Å². The maximum Gasteiger partial charge on any atom is 0.308 e. The van der Waals surface area contributed by atoms with E-state index in [1.807, 2.05) is 25.1 Å². The second-order valence-corrected chi connectivity index (χ2v) is 6.83. The van der Waals surface area contributed by atoms with Crippen molar-refractivity contribution in [3.05, 3.63) is 35.4 Å². The van der Waals surface area contributed by atoms with E-state index in [2.05, 4.69) is 11.4 Å². The number of aliphatic carboxylic acids is 1. The molecule has 2 aliphatic carbocycles. The zero-order valence-electron chi connectivity index (χ0n) is 13.0. The Morgan fingerprint density at radius 3 is 2.77 bits per heavy atom. The minimum absolute atomic E-state index is 0.0133. The van der Waals surface area contributed by atoms with Gasteiger partial charge in [-0.25, -0.2) is 0 Å². The van der Waals surface area contributed by atoms with E-state index in [4.69, 9.17) is 0 Å². The van der Waals surface area contributed by atoms with Crippen LogP contribution >= 0.6 is 0 Å². The summed E-state index contributed by atoms with van der Waals surface area (Å²) >= 11 is 0. The van der Waals surface area contributed by atoms with Crippen molar-refractivity contribution in [1.82, 2.24) is 5.32 Å². The largest absolute Gasteiger partial charge is 0.481 e. The van der Waals surface area contributed by atoms with Crippen molar-refractivity contribution < 1.29 is 14.7 Å². The predicted octanol–water partition coefficient (Wildman–Crippen LogP) is 2.87. The minimum atomic E-state index is -0.797. The molecule has 22 heavy (non-hydrogen) atoms. The number of carboxylic acid groups (broad SMARTS) is 1. The summed E-state index contributed by atoms with van der Waals surface area (Å²) in [6, 6.07) is 8.06. The van der Waals surface area contributed by atoms with Gasteiger partial charge in [-0.2, -0.15) is 0 Å². The molecule has 2 aliphatic rings. The van der Waals surface area contributed by atoms with Crippen LogP contribution in [0.1, 0.15) is 56.1 Å². The molecule has 4 nitrogen and oxygen atoms in total. The third-order valence-electron chi connectivity index (χ3n) is 5.36. The van der Waals surface area contributed by atoms with E-state index in [1.54, 1.807) is 0 Å². The highest BCUT2D eigenvalue weighted by Gasteiger charge is 2.43. The van der Waals surface area contributed by atoms with Crippen molar-refractivity contribution in [2.45, 2.75) is 56.9 Å². The molecule has 0 saturated heterocycles. The van der Waals surface area contributed by atoms with Crippen molar-refractivity contribution in [2.75, 3.05) is 0 Å². The molecular weight excluding hydrogens is 278 g/mol. The summed E-state index contributed by atoms with van der Waals surface area (Å²) < 4.78 is 0. The molecule has 0 radical (unpaired) electrons. The minimum Gasteiger partial charge on any atom is -0.481 e. The van der Waals surface area contributed by atoms with Gasteiger partial charge in [-0.15, -0.1) is 0 Å². The van der Waals surface area contributed by atoms with Crippen molar-refractivity contribution in [3.63, 3.8) is 0 Å². The highest BCUT2D eigenvalue weighted by molar-refractivity contribution is 5.86. The van der Waals surface area contributed by atoms with Crippen LogP contribution in [0.4, 0.5) is 0 Å². The number of benzene rings is 1. The lowest BCUT2D eigenvalue weighted by Gasteiger charge is -2.40. The molecule has 118 valence electrons. The fourth-order valence-corrected chi connectivity index (χ4v) is 4.08. The number of carbonyl (C=O) groups excluding carboxylic acids is 1. The first-order valence-electron chi connectivity index (χ1n) is 8.14. The highest BCUT2D eigenvalue weighted by Crippen LogP contribution is 2.37. The van der Waals surface area contributed by atoms with E-state index < -0.39 is 17.4 Å². The van der Waals surface area contributed by atoms with Crippen LogP contribution in [0.2, 0.25) is 0 Å². The van der Waals surface area contributed by atoms with Crippen molar-refractivity contribution in [3.8, 4) is 0 Å². The number of fused-ring (bicyclic) bond motifs is 1. The second kappa shape index (κ2) is 5.75. The molecule has 0 spiro atoms. The topological polar surface area (TPSA) is 66.4 Å². The van der Waals surface area contributed by atoms with Crippen LogP contribution in [-0.4, -0.2) is 22.5 Å². The average molecular weight is 301 g/mol. The predicted molar refractivity (Wildman–Crippen MR) is 83.6 cm³/mol. The summed E-state index contributed by atoms with van der Waals surface area (Å²) in [6.07, 6.45) is 5.03. The van der Waals surface area contributed by atoms with Crippen molar-refractivity contribution >= 4 is 11.9 Å². The molecule has 1 aromatic carbocycles. The molecule has 0 aromatic heterocycles. The Morgan fingerprint density at radius 1 is 1.23 bits per heavy atom. The molecule has 1 aromatic rings. The normalized spacial score (nSPS) is 30.6. The van der Waals surface area contributed by atoms with E-state index in [9.17, 15) is 14.7 Å². The van der Waals surface area contributed by atoms with Crippen molar-refractivity contribution in [1.29, 1.82) is 0 Å². The number of hydrogen-bond acceptors (Lipinski definition) is 2. The highest BCUT2D eigenvalue weighted by atomic mass is 16.4. The molecule has 0 aliphatic heterocycles. The number of carboxylic acids is 1. The average Bonchev–Trinajstić information content (AvgIpc) is 2.91. The Balaban J connectivity index is 1.78. The number of carbonyl (C=O) groups is 2. The van der Waals surface area contributed by atoms with Gasteiger partial charge in [0.05, 0.1) is 17.4 Å². The standard InChI is InChI=1S/C18H23NO3/c1-18(11-5-4-8-15(18)17(21)22)19-16(20)14-10-9-12-6-2-3-7-13(12)14/h2-3,6-7,14-15H,4-5,8-11H2,1H3,(H,19,20)(H,21,22). The van der Waals surface area contributed by atoms with Gasteiger partial charge in [-0.05, 0) is 43.7 Å². The molecule has 1 saturated carbocycles. The van der Waals surface area contributed by atoms with Gasteiger partial charge in [0.1, 0.15) is 0 Å². The Morgan fingerprint density at radius 2 is 2.00 bits per heavy atom. The molecule has 2 N–H and O–H groups in total. The Kier molecular flexibility index (Phi) is 3.94. The van der Waals surface area contributed by atoms with Gasteiger partial charge in [0.15, 0.2) is 0 Å². The fraction of sp³-hybridized carbons (Fsp3) is 0.556. The van der Waals surface area contributed by atoms with Gasteiger partial charge in [0.25, 0.3) is 0 Å². The third-order valence-corrected chi connectivity index (χ3v) is 5.36. The summed E-state index contributed by atoms with van der Waals surface area (Å²) in [5.41, 5.74) is 1.72. The molecular formula is C18H23NO3. The Bertz CT molecular complexity index is 598. The van der Waals surface area contributed by atoms with Gasteiger partial charge < -0.3 is 10.4 Å². The van der Waals surface area contributed by atoms with Crippen LogP contribution in [0.25, 0.3) is 0 Å². The zero-order valence-corrected chi connectivity index (χ0v) is 13.0. The molecule has 4 heteroatoms. The number of aryl methyl sites for hydroxylation is 1. The van der Waals surface area contributed by atoms with Crippen LogP contribution in [0.3, 0.4) is 0 Å². The first-order valence-corrected chi connectivity index (χ1v) is 8.14. The third kappa shape index (κ3) is 2.62.